The van der Waals surface area contributed by atoms with Gasteiger partial charge in [-0.15, -0.1) is 0 Å². The SMILES string of the molecule is Clc1ccc(-c2[nH]ncc2CNCC2CCCO2)cc1. The Labute approximate surface area is 123 Å². The number of benzene rings is 1. The number of aromatic nitrogens is 2. The van der Waals surface area contributed by atoms with Gasteiger partial charge in [0.1, 0.15) is 0 Å². The highest BCUT2D eigenvalue weighted by molar-refractivity contribution is 6.30. The van der Waals surface area contributed by atoms with Crippen LogP contribution in [0.4, 0.5) is 0 Å². The molecular weight excluding hydrogens is 274 g/mol. The van der Waals surface area contributed by atoms with E-state index in [0.29, 0.717) is 6.10 Å². The third kappa shape index (κ3) is 3.20. The van der Waals surface area contributed by atoms with Crippen LogP contribution in [-0.2, 0) is 11.3 Å². The summed E-state index contributed by atoms with van der Waals surface area (Å²) in [5.74, 6) is 0. The molecule has 1 aromatic heterocycles. The number of ether oxygens (including phenoxy) is 1. The molecule has 2 aromatic rings. The van der Waals surface area contributed by atoms with E-state index in [1.165, 1.54) is 6.42 Å². The van der Waals surface area contributed by atoms with Gasteiger partial charge in [-0.3, -0.25) is 5.10 Å². The first-order chi connectivity index (χ1) is 9.83. The predicted molar refractivity (Wildman–Crippen MR) is 79.7 cm³/mol. The van der Waals surface area contributed by atoms with Crippen LogP contribution in [0.15, 0.2) is 30.5 Å². The Balaban J connectivity index is 1.62. The first-order valence-electron chi connectivity index (χ1n) is 6.93. The average Bonchev–Trinajstić information content (AvgIpc) is 3.11. The van der Waals surface area contributed by atoms with Gasteiger partial charge in [-0.25, -0.2) is 0 Å². The van der Waals surface area contributed by atoms with Crippen LogP contribution in [0.5, 0.6) is 0 Å². The summed E-state index contributed by atoms with van der Waals surface area (Å²) in [5, 5.41) is 11.4. The molecule has 106 valence electrons. The molecule has 5 heteroatoms. The summed E-state index contributed by atoms with van der Waals surface area (Å²) in [6.45, 7) is 2.58. The molecule has 1 unspecified atom stereocenters. The lowest BCUT2D eigenvalue weighted by atomic mass is 10.1. The first kappa shape index (κ1) is 13.6. The summed E-state index contributed by atoms with van der Waals surface area (Å²) in [6.07, 6.45) is 4.56. The molecule has 0 amide bonds. The van der Waals surface area contributed by atoms with Gasteiger partial charge in [0.25, 0.3) is 0 Å². The second kappa shape index (κ2) is 6.39. The van der Waals surface area contributed by atoms with Gasteiger partial charge >= 0.3 is 0 Å². The normalized spacial score (nSPS) is 18.6. The summed E-state index contributed by atoms with van der Waals surface area (Å²) >= 11 is 5.92. The maximum Gasteiger partial charge on any atom is 0.0700 e. The zero-order valence-corrected chi connectivity index (χ0v) is 12.0. The van der Waals surface area contributed by atoms with Crippen LogP contribution >= 0.6 is 11.6 Å². The predicted octanol–water partition coefficient (Wildman–Crippen LogP) is 3.00. The first-order valence-corrected chi connectivity index (χ1v) is 7.31. The van der Waals surface area contributed by atoms with E-state index in [4.69, 9.17) is 16.3 Å². The molecule has 0 radical (unpaired) electrons. The molecular formula is C15H18ClN3O. The van der Waals surface area contributed by atoms with E-state index in [1.807, 2.05) is 30.5 Å². The fourth-order valence-corrected chi connectivity index (χ4v) is 2.61. The van der Waals surface area contributed by atoms with Gasteiger partial charge in [0.2, 0.25) is 0 Å². The van der Waals surface area contributed by atoms with Gasteiger partial charge in [0.05, 0.1) is 18.0 Å². The van der Waals surface area contributed by atoms with Crippen molar-refractivity contribution in [2.24, 2.45) is 0 Å². The fraction of sp³-hybridized carbons (Fsp3) is 0.400. The highest BCUT2D eigenvalue weighted by Crippen LogP contribution is 2.22. The molecule has 1 saturated heterocycles. The van der Waals surface area contributed by atoms with Crippen LogP contribution < -0.4 is 5.32 Å². The fourth-order valence-electron chi connectivity index (χ4n) is 2.48. The molecule has 2 heterocycles. The standard InChI is InChI=1S/C15H18ClN3O/c16-13-5-3-11(4-6-13)15-12(9-18-19-15)8-17-10-14-2-1-7-20-14/h3-6,9,14,17H,1-2,7-8,10H2,(H,18,19). The summed E-state index contributed by atoms with van der Waals surface area (Å²) in [4.78, 5) is 0. The van der Waals surface area contributed by atoms with E-state index in [0.717, 1.165) is 48.0 Å². The minimum absolute atomic E-state index is 0.362. The van der Waals surface area contributed by atoms with Crippen molar-refractivity contribution in [3.63, 3.8) is 0 Å². The lowest BCUT2D eigenvalue weighted by molar-refractivity contribution is 0.110. The summed E-state index contributed by atoms with van der Waals surface area (Å²) in [7, 11) is 0. The highest BCUT2D eigenvalue weighted by Gasteiger charge is 2.15. The van der Waals surface area contributed by atoms with Crippen LogP contribution in [0.25, 0.3) is 11.3 Å². The minimum Gasteiger partial charge on any atom is -0.377 e. The molecule has 1 aliphatic rings. The van der Waals surface area contributed by atoms with Crippen molar-refractivity contribution in [1.82, 2.24) is 15.5 Å². The Bertz CT molecular complexity index is 547. The molecule has 3 rings (SSSR count). The van der Waals surface area contributed by atoms with Crippen LogP contribution in [0, 0.1) is 0 Å². The minimum atomic E-state index is 0.362. The van der Waals surface area contributed by atoms with Gasteiger partial charge in [-0.2, -0.15) is 5.10 Å². The zero-order chi connectivity index (χ0) is 13.8. The van der Waals surface area contributed by atoms with Crippen molar-refractivity contribution < 1.29 is 4.74 Å². The zero-order valence-electron chi connectivity index (χ0n) is 11.2. The number of halogens is 1. The van der Waals surface area contributed by atoms with Crippen LogP contribution in [0.2, 0.25) is 5.02 Å². The number of rotatable bonds is 5. The topological polar surface area (TPSA) is 49.9 Å². The maximum absolute atomic E-state index is 5.92. The molecule has 1 aliphatic heterocycles. The molecule has 2 N–H and O–H groups in total. The van der Waals surface area contributed by atoms with E-state index in [2.05, 4.69) is 15.5 Å². The van der Waals surface area contributed by atoms with Crippen molar-refractivity contribution >= 4 is 11.6 Å². The lowest BCUT2D eigenvalue weighted by Crippen LogP contribution is -2.25. The van der Waals surface area contributed by atoms with Crippen molar-refractivity contribution in [1.29, 1.82) is 0 Å². The Morgan fingerprint density at radius 3 is 2.95 bits per heavy atom. The third-order valence-corrected chi connectivity index (χ3v) is 3.81. The van der Waals surface area contributed by atoms with Crippen LogP contribution in [-0.4, -0.2) is 29.5 Å². The van der Waals surface area contributed by atoms with E-state index in [1.54, 1.807) is 0 Å². The van der Waals surface area contributed by atoms with Crippen LogP contribution in [0.3, 0.4) is 0 Å². The molecule has 1 fully saturated rings. The van der Waals surface area contributed by atoms with Gasteiger partial charge in [0, 0.05) is 30.3 Å². The van der Waals surface area contributed by atoms with Crippen molar-refractivity contribution in [2.75, 3.05) is 13.2 Å². The third-order valence-electron chi connectivity index (χ3n) is 3.56. The van der Waals surface area contributed by atoms with Crippen molar-refractivity contribution in [3.05, 3.63) is 41.0 Å². The average molecular weight is 292 g/mol. The quantitative estimate of drug-likeness (QED) is 0.890. The van der Waals surface area contributed by atoms with E-state index < -0.39 is 0 Å². The van der Waals surface area contributed by atoms with Gasteiger partial charge in [0.15, 0.2) is 0 Å². The van der Waals surface area contributed by atoms with E-state index in [9.17, 15) is 0 Å². The second-order valence-corrected chi connectivity index (χ2v) is 5.48. The molecule has 0 aliphatic carbocycles. The van der Waals surface area contributed by atoms with Crippen molar-refractivity contribution in [3.8, 4) is 11.3 Å². The Morgan fingerprint density at radius 2 is 2.20 bits per heavy atom. The number of aromatic amines is 1. The summed E-state index contributed by atoms with van der Waals surface area (Å²) < 4.78 is 5.60. The number of hydrogen-bond acceptors (Lipinski definition) is 3. The van der Waals surface area contributed by atoms with E-state index in [-0.39, 0.29) is 0 Å². The number of nitrogens with one attached hydrogen (secondary N) is 2. The molecule has 0 spiro atoms. The highest BCUT2D eigenvalue weighted by atomic mass is 35.5. The Hall–Kier alpha value is -1.36. The van der Waals surface area contributed by atoms with Crippen LogP contribution in [0.1, 0.15) is 18.4 Å². The Kier molecular flexibility index (Phi) is 4.35. The Morgan fingerprint density at radius 1 is 1.35 bits per heavy atom. The molecule has 1 aromatic carbocycles. The lowest BCUT2D eigenvalue weighted by Gasteiger charge is -2.10. The second-order valence-electron chi connectivity index (χ2n) is 5.04. The summed E-state index contributed by atoms with van der Waals surface area (Å²) in [5.41, 5.74) is 3.30. The smallest absolute Gasteiger partial charge is 0.0700 e. The van der Waals surface area contributed by atoms with Crippen molar-refractivity contribution in [2.45, 2.75) is 25.5 Å². The van der Waals surface area contributed by atoms with E-state index >= 15 is 0 Å². The monoisotopic (exact) mass is 291 g/mol. The van der Waals surface area contributed by atoms with Gasteiger partial charge in [-0.1, -0.05) is 23.7 Å². The number of H-pyrrole nitrogens is 1. The molecule has 1 atom stereocenters. The number of nitrogens with zero attached hydrogens (tertiary/aromatic N) is 1. The van der Waals surface area contributed by atoms with Gasteiger partial charge in [-0.05, 0) is 30.5 Å². The summed E-state index contributed by atoms with van der Waals surface area (Å²) in [6, 6.07) is 7.78. The number of hydrogen-bond donors (Lipinski definition) is 2. The molecule has 0 bridgehead atoms. The maximum atomic E-state index is 5.92. The molecule has 4 nitrogen and oxygen atoms in total. The molecule has 20 heavy (non-hydrogen) atoms. The van der Waals surface area contributed by atoms with Gasteiger partial charge < -0.3 is 10.1 Å². The largest absolute Gasteiger partial charge is 0.377 e. The molecule has 0 saturated carbocycles.